The van der Waals surface area contributed by atoms with E-state index in [9.17, 15) is 30.0 Å². The Morgan fingerprint density at radius 1 is 0.750 bits per heavy atom. The number of likely N-dealkylation sites (tertiary alicyclic amines) is 2. The number of hydrogen-bond donors (Lipinski definition) is 4. The molecule has 2 amide bonds. The summed E-state index contributed by atoms with van der Waals surface area (Å²) in [4.78, 5) is 25.9. The minimum atomic E-state index is 0.0645. The van der Waals surface area contributed by atoms with Crippen LogP contribution in [0.2, 0.25) is 0 Å². The average Bonchev–Trinajstić information content (AvgIpc) is 3.00. The van der Waals surface area contributed by atoms with E-state index < -0.39 is 0 Å². The van der Waals surface area contributed by atoms with Crippen molar-refractivity contribution in [2.45, 2.75) is 93.4 Å². The first-order valence-corrected chi connectivity index (χ1v) is 19.1. The Kier molecular flexibility index (Phi) is 14.1. The molecule has 2 aliphatic carbocycles. The second-order valence-electron chi connectivity index (χ2n) is 16.3. The second kappa shape index (κ2) is 18.0. The van der Waals surface area contributed by atoms with E-state index in [0.29, 0.717) is 29.2 Å². The Labute approximate surface area is 311 Å². The Morgan fingerprint density at radius 3 is 1.67 bits per heavy atom. The molecule has 2 fully saturated rings. The Morgan fingerprint density at radius 2 is 1.25 bits per heavy atom. The standard InChI is InChI=1S/C22H31NO3.C12H15NO3.C10H16/c1-13(2)18-6-5-14(3)7-19(18)22-20(25)9-16(10-21(22)26)8-17-11-23(12-17)15(4)24;1-8(14)13-6-10(7-13)2-9-3-11(15)5-12(16)4-9;1-8(2)10-6-4-9(3)5-7-10/h7,9-10,13,17-19,25-26H,5-6,8,11-12H2,1-4H3;3-5,10,15-16H,2,6-7H2,1H3;4-6,8,10H,7H2,1-3H3/t18-,19?;;/m0../s1. The van der Waals surface area contributed by atoms with E-state index in [2.05, 4.69) is 65.8 Å². The van der Waals surface area contributed by atoms with E-state index in [0.717, 1.165) is 74.8 Å². The quantitative estimate of drug-likeness (QED) is 0.214. The number of carbonyl (C=O) groups is 2. The average molecular weight is 715 g/mol. The van der Waals surface area contributed by atoms with E-state index in [1.165, 1.54) is 23.6 Å². The van der Waals surface area contributed by atoms with Crippen LogP contribution in [-0.4, -0.2) is 68.2 Å². The number of hydrogen-bond acceptors (Lipinski definition) is 6. The zero-order valence-electron chi connectivity index (χ0n) is 32.6. The number of rotatable bonds is 7. The lowest BCUT2D eigenvalue weighted by Crippen LogP contribution is -2.49. The third-order valence-electron chi connectivity index (χ3n) is 11.2. The first-order valence-electron chi connectivity index (χ1n) is 19.1. The molecule has 2 aromatic rings. The Bertz CT molecular complexity index is 1600. The predicted octanol–water partition coefficient (Wildman–Crippen LogP) is 8.50. The molecule has 2 saturated heterocycles. The van der Waals surface area contributed by atoms with Gasteiger partial charge in [0.05, 0.1) is 0 Å². The Balaban J connectivity index is 0.000000197. The van der Waals surface area contributed by atoms with Gasteiger partial charge in [0.15, 0.2) is 0 Å². The molecule has 8 nitrogen and oxygen atoms in total. The fourth-order valence-corrected chi connectivity index (χ4v) is 7.86. The molecule has 2 unspecified atom stereocenters. The van der Waals surface area contributed by atoms with Gasteiger partial charge in [-0.15, -0.1) is 0 Å². The van der Waals surface area contributed by atoms with Crippen molar-refractivity contribution in [2.75, 3.05) is 26.2 Å². The maximum Gasteiger partial charge on any atom is 0.219 e. The van der Waals surface area contributed by atoms with Gasteiger partial charge in [0.25, 0.3) is 0 Å². The molecule has 4 aliphatic rings. The maximum absolute atomic E-state index is 11.3. The molecular formula is C44H62N2O6. The van der Waals surface area contributed by atoms with Gasteiger partial charge in [0.2, 0.25) is 11.8 Å². The van der Waals surface area contributed by atoms with Crippen LogP contribution in [0.5, 0.6) is 23.0 Å². The highest BCUT2D eigenvalue weighted by molar-refractivity contribution is 5.74. The summed E-state index contributed by atoms with van der Waals surface area (Å²) in [6.45, 7) is 19.5. The van der Waals surface area contributed by atoms with E-state index >= 15 is 0 Å². The summed E-state index contributed by atoms with van der Waals surface area (Å²) in [5.41, 5.74) is 5.26. The van der Waals surface area contributed by atoms with Crippen LogP contribution < -0.4 is 0 Å². The summed E-state index contributed by atoms with van der Waals surface area (Å²) < 4.78 is 0. The first kappa shape index (κ1) is 40.6. The van der Waals surface area contributed by atoms with Crippen LogP contribution in [0.15, 0.2) is 65.8 Å². The molecule has 2 aromatic carbocycles. The van der Waals surface area contributed by atoms with Gasteiger partial charge in [-0.2, -0.15) is 0 Å². The van der Waals surface area contributed by atoms with Crippen molar-refractivity contribution in [3.05, 3.63) is 82.5 Å². The summed E-state index contributed by atoms with van der Waals surface area (Å²) in [7, 11) is 0. The molecule has 2 heterocycles. The van der Waals surface area contributed by atoms with Crippen LogP contribution >= 0.6 is 0 Å². The first-order chi connectivity index (χ1) is 24.5. The van der Waals surface area contributed by atoms with Gasteiger partial charge < -0.3 is 30.2 Å². The van der Waals surface area contributed by atoms with Crippen LogP contribution in [0.3, 0.4) is 0 Å². The largest absolute Gasteiger partial charge is 0.508 e. The Hall–Kier alpha value is -4.20. The molecule has 52 heavy (non-hydrogen) atoms. The van der Waals surface area contributed by atoms with Crippen LogP contribution in [0.4, 0.5) is 0 Å². The minimum Gasteiger partial charge on any atom is -0.508 e. The maximum atomic E-state index is 11.3. The molecule has 0 aromatic heterocycles. The van der Waals surface area contributed by atoms with Crippen LogP contribution in [0, 0.1) is 35.5 Å². The molecule has 2 aliphatic heterocycles. The summed E-state index contributed by atoms with van der Waals surface area (Å²) in [6.07, 6.45) is 14.1. The lowest BCUT2D eigenvalue weighted by molar-refractivity contribution is -0.135. The van der Waals surface area contributed by atoms with Gasteiger partial charge in [-0.25, -0.2) is 0 Å². The third kappa shape index (κ3) is 11.1. The van der Waals surface area contributed by atoms with Crippen molar-refractivity contribution in [3.63, 3.8) is 0 Å². The topological polar surface area (TPSA) is 122 Å². The fourth-order valence-electron chi connectivity index (χ4n) is 7.86. The molecule has 0 bridgehead atoms. The zero-order valence-corrected chi connectivity index (χ0v) is 32.6. The summed E-state index contributed by atoms with van der Waals surface area (Å²) >= 11 is 0. The monoisotopic (exact) mass is 714 g/mol. The highest BCUT2D eigenvalue weighted by atomic mass is 16.3. The van der Waals surface area contributed by atoms with Gasteiger partial charge >= 0.3 is 0 Å². The van der Waals surface area contributed by atoms with Gasteiger partial charge in [-0.1, -0.05) is 63.1 Å². The van der Waals surface area contributed by atoms with Crippen molar-refractivity contribution in [1.82, 2.24) is 9.80 Å². The number of carbonyl (C=O) groups excluding carboxylic acids is 2. The highest BCUT2D eigenvalue weighted by Crippen LogP contribution is 2.47. The molecule has 0 saturated carbocycles. The number of phenols is 4. The van der Waals surface area contributed by atoms with Crippen molar-refractivity contribution >= 4 is 11.8 Å². The zero-order chi connectivity index (χ0) is 38.3. The van der Waals surface area contributed by atoms with Crippen molar-refractivity contribution in [1.29, 1.82) is 0 Å². The van der Waals surface area contributed by atoms with E-state index in [1.54, 1.807) is 43.0 Å². The van der Waals surface area contributed by atoms with Gasteiger partial charge in [0.1, 0.15) is 23.0 Å². The van der Waals surface area contributed by atoms with Crippen molar-refractivity contribution in [2.24, 2.45) is 35.5 Å². The molecular weight excluding hydrogens is 652 g/mol. The normalized spacial score (nSPS) is 21.6. The summed E-state index contributed by atoms with van der Waals surface area (Å²) in [6, 6.07) is 8.22. The van der Waals surface area contributed by atoms with Crippen molar-refractivity contribution in [3.8, 4) is 23.0 Å². The molecule has 8 heteroatoms. The van der Waals surface area contributed by atoms with Crippen molar-refractivity contribution < 1.29 is 30.0 Å². The predicted molar refractivity (Wildman–Crippen MR) is 208 cm³/mol. The number of allylic oxidation sites excluding steroid dienone is 6. The lowest BCUT2D eigenvalue weighted by atomic mass is 9.71. The summed E-state index contributed by atoms with van der Waals surface area (Å²) in [5, 5.41) is 40.0. The fraction of sp³-hybridized carbons (Fsp3) is 0.545. The van der Waals surface area contributed by atoms with Crippen LogP contribution in [0.25, 0.3) is 0 Å². The molecule has 0 radical (unpaired) electrons. The number of benzene rings is 2. The lowest BCUT2D eigenvalue weighted by Gasteiger charge is -2.39. The SMILES string of the molecule is CC(=O)N1CC(Cc2cc(O)c(C3C=C(C)CC[C@H]3C(C)C)c(O)c2)C1.CC(=O)N1CC(Cc2cc(O)cc(O)c2)C1.CC1=CCC(C(C)C)C=C1. The van der Waals surface area contributed by atoms with Gasteiger partial charge in [-0.3, -0.25) is 9.59 Å². The molecule has 6 rings (SSSR count). The van der Waals surface area contributed by atoms with Gasteiger partial charge in [0, 0.05) is 57.6 Å². The number of amides is 2. The summed E-state index contributed by atoms with van der Waals surface area (Å²) in [5.74, 6) is 4.18. The highest BCUT2D eigenvalue weighted by Gasteiger charge is 2.33. The van der Waals surface area contributed by atoms with Crippen LogP contribution in [0.1, 0.15) is 97.3 Å². The molecule has 0 spiro atoms. The number of nitrogens with zero attached hydrogens (tertiary/aromatic N) is 2. The molecule has 3 atom stereocenters. The van der Waals surface area contributed by atoms with E-state index in [4.69, 9.17) is 0 Å². The number of phenolic OH excluding ortho intramolecular Hbond substituents is 4. The minimum absolute atomic E-state index is 0.0645. The third-order valence-corrected chi connectivity index (χ3v) is 11.2. The van der Waals surface area contributed by atoms with E-state index in [1.807, 2.05) is 4.90 Å². The smallest absolute Gasteiger partial charge is 0.219 e. The van der Waals surface area contributed by atoms with Gasteiger partial charge in [-0.05, 0) is 117 Å². The van der Waals surface area contributed by atoms with E-state index in [-0.39, 0.29) is 40.7 Å². The molecule has 4 N–H and O–H groups in total. The second-order valence-corrected chi connectivity index (χ2v) is 16.3. The molecule has 284 valence electrons. The van der Waals surface area contributed by atoms with Crippen LogP contribution in [-0.2, 0) is 22.4 Å². The number of aromatic hydroxyl groups is 4.